The predicted octanol–water partition coefficient (Wildman–Crippen LogP) is 6.28. The zero-order valence-electron chi connectivity index (χ0n) is 24.9. The van der Waals surface area contributed by atoms with Gasteiger partial charge in [0.25, 0.3) is 0 Å². The minimum atomic E-state index is 0.0459. The predicted molar refractivity (Wildman–Crippen MR) is 168 cm³/mol. The zero-order valence-corrected chi connectivity index (χ0v) is 25.7. The van der Waals surface area contributed by atoms with Crippen molar-refractivity contribution in [3.63, 3.8) is 0 Å². The number of nitrogens with one attached hydrogen (secondary N) is 3. The molecular formula is C31H41N9OS. The number of aromatic nitrogens is 6. The molecule has 0 spiro atoms. The van der Waals surface area contributed by atoms with E-state index >= 15 is 0 Å². The first-order valence-corrected chi connectivity index (χ1v) is 16.1. The highest BCUT2D eigenvalue weighted by molar-refractivity contribution is 7.14. The van der Waals surface area contributed by atoms with Crippen molar-refractivity contribution >= 4 is 34.4 Å². The maximum absolute atomic E-state index is 11.4. The van der Waals surface area contributed by atoms with Crippen molar-refractivity contribution < 1.29 is 4.79 Å². The number of amides is 1. The monoisotopic (exact) mass is 587 g/mol. The lowest BCUT2D eigenvalue weighted by molar-refractivity contribution is -0.119. The maximum atomic E-state index is 11.4. The second kappa shape index (κ2) is 12.3. The number of carbonyl (C=O) groups is 1. The molecule has 3 N–H and O–H groups in total. The van der Waals surface area contributed by atoms with E-state index in [1.54, 1.807) is 18.3 Å². The fourth-order valence-electron chi connectivity index (χ4n) is 6.34. The van der Waals surface area contributed by atoms with Gasteiger partial charge in [-0.1, -0.05) is 31.1 Å². The van der Waals surface area contributed by atoms with Gasteiger partial charge in [-0.25, -0.2) is 9.50 Å². The molecule has 0 unspecified atom stereocenters. The Kier molecular flexibility index (Phi) is 8.37. The molecule has 11 heteroatoms. The van der Waals surface area contributed by atoms with Gasteiger partial charge in [-0.05, 0) is 76.5 Å². The molecule has 2 aliphatic carbocycles. The molecule has 222 valence electrons. The first-order valence-electron chi connectivity index (χ1n) is 15.3. The van der Waals surface area contributed by atoms with Crippen LogP contribution in [0.15, 0.2) is 30.6 Å². The summed E-state index contributed by atoms with van der Waals surface area (Å²) >= 11 is 1.65. The normalized spacial score (nSPS) is 22.8. The van der Waals surface area contributed by atoms with Crippen molar-refractivity contribution in [2.75, 3.05) is 10.6 Å². The van der Waals surface area contributed by atoms with Gasteiger partial charge in [-0.2, -0.15) is 0 Å². The molecule has 10 nitrogen and oxygen atoms in total. The van der Waals surface area contributed by atoms with E-state index in [2.05, 4.69) is 64.0 Å². The fourth-order valence-corrected chi connectivity index (χ4v) is 7.37. The number of nitrogens with zero attached hydrogens (tertiary/aromatic N) is 6. The summed E-state index contributed by atoms with van der Waals surface area (Å²) in [7, 11) is 0. The highest BCUT2D eigenvalue weighted by Gasteiger charge is 2.27. The van der Waals surface area contributed by atoms with Gasteiger partial charge < -0.3 is 16.0 Å². The lowest BCUT2D eigenvalue weighted by atomic mass is 9.86. The van der Waals surface area contributed by atoms with E-state index in [0.717, 1.165) is 70.3 Å². The molecule has 0 saturated heterocycles. The summed E-state index contributed by atoms with van der Waals surface area (Å²) in [5, 5.41) is 26.3. The highest BCUT2D eigenvalue weighted by Crippen LogP contribution is 2.39. The Morgan fingerprint density at radius 1 is 1.02 bits per heavy atom. The van der Waals surface area contributed by atoms with Gasteiger partial charge in [-0.3, -0.25) is 9.78 Å². The molecule has 0 radical (unpaired) electrons. The number of anilines is 2. The van der Waals surface area contributed by atoms with Crippen LogP contribution in [0.4, 0.5) is 11.6 Å². The SMILES string of the molecule is CC(=O)NC1CCC(c2nnc(-c3cnc(-c4ccc5cnc(N[C@@H]6CCCC[C@@H]6C)nn45)cc3NC(C)C)s2)CC1. The molecule has 2 atom stereocenters. The van der Waals surface area contributed by atoms with Crippen molar-refractivity contribution in [3.8, 4) is 22.0 Å². The van der Waals surface area contributed by atoms with Crippen molar-refractivity contribution in [2.45, 2.75) is 103 Å². The first kappa shape index (κ1) is 28.5. The van der Waals surface area contributed by atoms with Gasteiger partial charge in [0.05, 0.1) is 28.7 Å². The third kappa shape index (κ3) is 6.25. The molecule has 2 aliphatic rings. The number of hydrogen-bond donors (Lipinski definition) is 3. The molecule has 0 aromatic carbocycles. The summed E-state index contributed by atoms with van der Waals surface area (Å²) in [5.41, 5.74) is 4.61. The third-order valence-corrected chi connectivity index (χ3v) is 9.71. The van der Waals surface area contributed by atoms with Crippen molar-refractivity contribution in [1.29, 1.82) is 0 Å². The van der Waals surface area contributed by atoms with Crippen LogP contribution in [-0.4, -0.2) is 53.8 Å². The van der Waals surface area contributed by atoms with E-state index in [0.29, 0.717) is 23.8 Å². The molecule has 0 bridgehead atoms. The van der Waals surface area contributed by atoms with Crippen molar-refractivity contribution in [1.82, 2.24) is 35.1 Å². The van der Waals surface area contributed by atoms with Gasteiger partial charge >= 0.3 is 0 Å². The Morgan fingerprint density at radius 2 is 1.83 bits per heavy atom. The van der Waals surface area contributed by atoms with Crippen LogP contribution >= 0.6 is 11.3 Å². The Hall–Kier alpha value is -3.60. The Balaban J connectivity index is 1.25. The molecule has 42 heavy (non-hydrogen) atoms. The van der Waals surface area contributed by atoms with Crippen LogP contribution in [0.1, 0.15) is 90.0 Å². The minimum Gasteiger partial charge on any atom is -0.382 e. The molecular weight excluding hydrogens is 546 g/mol. The van der Waals surface area contributed by atoms with Crippen molar-refractivity contribution in [2.24, 2.45) is 5.92 Å². The molecule has 6 rings (SSSR count). The quantitative estimate of drug-likeness (QED) is 0.220. The smallest absolute Gasteiger partial charge is 0.241 e. The van der Waals surface area contributed by atoms with Crippen LogP contribution in [-0.2, 0) is 4.79 Å². The van der Waals surface area contributed by atoms with Crippen molar-refractivity contribution in [3.05, 3.63) is 35.6 Å². The van der Waals surface area contributed by atoms with Crippen LogP contribution in [0, 0.1) is 5.92 Å². The number of fused-ring (bicyclic) bond motifs is 1. The van der Waals surface area contributed by atoms with Gasteiger partial charge in [-0.15, -0.1) is 15.3 Å². The lowest BCUT2D eigenvalue weighted by Gasteiger charge is -2.29. The van der Waals surface area contributed by atoms with E-state index in [1.165, 1.54) is 19.3 Å². The van der Waals surface area contributed by atoms with Gasteiger partial charge in [0, 0.05) is 42.9 Å². The van der Waals surface area contributed by atoms with Crippen LogP contribution in [0.5, 0.6) is 0 Å². The van der Waals surface area contributed by atoms with Crippen LogP contribution in [0.2, 0.25) is 0 Å². The lowest BCUT2D eigenvalue weighted by Crippen LogP contribution is -2.35. The summed E-state index contributed by atoms with van der Waals surface area (Å²) in [6.45, 7) is 8.16. The average molecular weight is 588 g/mol. The molecule has 2 saturated carbocycles. The Morgan fingerprint density at radius 3 is 2.60 bits per heavy atom. The topological polar surface area (TPSA) is 122 Å². The summed E-state index contributed by atoms with van der Waals surface area (Å²) in [6, 6.07) is 7.08. The van der Waals surface area contributed by atoms with Gasteiger partial charge in [0.15, 0.2) is 5.01 Å². The highest BCUT2D eigenvalue weighted by atomic mass is 32.1. The molecule has 0 aliphatic heterocycles. The van der Waals surface area contributed by atoms with Crippen LogP contribution < -0.4 is 16.0 Å². The Labute approximate surface area is 251 Å². The standard InChI is InChI=1S/C31H41N9OS/c1-18(2)34-26-15-27(28-14-13-23-16-33-31(39-40(23)28)36-25-8-6-5-7-19(25)3)32-17-24(26)30-38-37-29(42-30)21-9-11-22(12-10-21)35-20(4)41/h13-19,21-22,25H,5-12H2,1-4H3,(H,32,34)(H,35,41)(H,36,39)/t19-,21?,22?,25+/m0/s1. The zero-order chi connectivity index (χ0) is 29.2. The Bertz CT molecular complexity index is 1540. The van der Waals surface area contributed by atoms with Gasteiger partial charge in [0.1, 0.15) is 5.01 Å². The molecule has 1 amide bonds. The largest absolute Gasteiger partial charge is 0.382 e. The summed E-state index contributed by atoms with van der Waals surface area (Å²) in [6.07, 6.45) is 12.7. The number of rotatable bonds is 8. The second-order valence-electron chi connectivity index (χ2n) is 12.3. The summed E-state index contributed by atoms with van der Waals surface area (Å²) in [5.74, 6) is 1.69. The van der Waals surface area contributed by atoms with E-state index in [1.807, 2.05) is 23.0 Å². The van der Waals surface area contributed by atoms with E-state index < -0.39 is 0 Å². The molecule has 4 aromatic heterocycles. The van der Waals surface area contributed by atoms with E-state index in [4.69, 9.17) is 10.1 Å². The molecule has 4 aromatic rings. The maximum Gasteiger partial charge on any atom is 0.241 e. The molecule has 4 heterocycles. The number of pyridine rings is 1. The number of carbonyl (C=O) groups excluding carboxylic acids is 1. The first-order chi connectivity index (χ1) is 20.3. The van der Waals surface area contributed by atoms with E-state index in [-0.39, 0.29) is 18.0 Å². The summed E-state index contributed by atoms with van der Waals surface area (Å²) < 4.78 is 1.93. The van der Waals surface area contributed by atoms with Crippen LogP contribution in [0.3, 0.4) is 0 Å². The molecule has 2 fully saturated rings. The second-order valence-corrected chi connectivity index (χ2v) is 13.3. The van der Waals surface area contributed by atoms with E-state index in [9.17, 15) is 4.79 Å². The minimum absolute atomic E-state index is 0.0459. The van der Waals surface area contributed by atoms with Gasteiger partial charge in [0.2, 0.25) is 11.9 Å². The fraction of sp³-hybridized carbons (Fsp3) is 0.548. The average Bonchev–Trinajstić information content (AvgIpc) is 3.62. The third-order valence-electron chi connectivity index (χ3n) is 8.59. The number of hydrogen-bond acceptors (Lipinski definition) is 9. The summed E-state index contributed by atoms with van der Waals surface area (Å²) in [4.78, 5) is 20.9. The van der Waals surface area contributed by atoms with Crippen LogP contribution in [0.25, 0.3) is 27.5 Å².